The molecule has 9 heteroatoms. The lowest BCUT2D eigenvalue weighted by molar-refractivity contribution is 0.0846. The van der Waals surface area contributed by atoms with E-state index in [1.807, 2.05) is 43.3 Å². The third-order valence-corrected chi connectivity index (χ3v) is 5.24. The maximum absolute atomic E-state index is 12.6. The Morgan fingerprint density at radius 1 is 1.03 bits per heavy atom. The van der Waals surface area contributed by atoms with Crippen LogP contribution in [0.1, 0.15) is 32.0 Å². The van der Waals surface area contributed by atoms with Crippen molar-refractivity contribution in [1.29, 1.82) is 0 Å². The third-order valence-electron chi connectivity index (χ3n) is 4.48. The van der Waals surface area contributed by atoms with Gasteiger partial charge in [-0.15, -0.1) is 0 Å². The van der Waals surface area contributed by atoms with E-state index in [0.29, 0.717) is 22.8 Å². The van der Waals surface area contributed by atoms with Gasteiger partial charge in [0.25, 0.3) is 11.8 Å². The Balaban J connectivity index is 1.71. The molecule has 0 saturated heterocycles. The fraction of sp³-hybridized carbons (Fsp3) is 0.190. The van der Waals surface area contributed by atoms with Gasteiger partial charge in [-0.2, -0.15) is 5.10 Å². The van der Waals surface area contributed by atoms with Gasteiger partial charge in [-0.25, -0.2) is 4.68 Å². The second-order valence-corrected chi connectivity index (χ2v) is 7.62. The van der Waals surface area contributed by atoms with Crippen LogP contribution in [-0.4, -0.2) is 35.7 Å². The van der Waals surface area contributed by atoms with Crippen molar-refractivity contribution in [1.82, 2.24) is 20.6 Å². The molecule has 7 nitrogen and oxygen atoms in total. The summed E-state index contributed by atoms with van der Waals surface area (Å²) in [5.41, 5.74) is 7.55. The maximum atomic E-state index is 12.6. The first-order chi connectivity index (χ1) is 14.3. The Labute approximate surface area is 184 Å². The van der Waals surface area contributed by atoms with E-state index in [2.05, 4.69) is 16.0 Å². The van der Waals surface area contributed by atoms with Crippen molar-refractivity contribution in [2.75, 3.05) is 19.0 Å². The molecule has 0 atom stereocenters. The summed E-state index contributed by atoms with van der Waals surface area (Å²) in [5, 5.41) is 5.08. The van der Waals surface area contributed by atoms with Crippen LogP contribution in [0.2, 0.25) is 10.2 Å². The highest BCUT2D eigenvalue weighted by Gasteiger charge is 2.21. The minimum Gasteiger partial charge on any atom is -0.378 e. The molecular weight excluding hydrogens is 425 g/mol. The number of rotatable bonds is 5. The summed E-state index contributed by atoms with van der Waals surface area (Å²) in [4.78, 5) is 26.9. The fourth-order valence-corrected chi connectivity index (χ4v) is 3.39. The summed E-state index contributed by atoms with van der Waals surface area (Å²) in [5.74, 6) is -0.996. The molecule has 1 aromatic heterocycles. The summed E-state index contributed by atoms with van der Waals surface area (Å²) < 4.78 is 1.50. The van der Waals surface area contributed by atoms with Crippen molar-refractivity contribution >= 4 is 40.7 Å². The molecule has 0 aliphatic heterocycles. The minimum atomic E-state index is -0.556. The Bertz CT molecular complexity index is 1090. The average Bonchev–Trinajstić information content (AvgIpc) is 3.00. The van der Waals surface area contributed by atoms with Crippen molar-refractivity contribution in [2.45, 2.75) is 13.5 Å². The van der Waals surface area contributed by atoms with Gasteiger partial charge in [0, 0.05) is 30.4 Å². The second kappa shape index (κ2) is 9.19. The third kappa shape index (κ3) is 4.75. The monoisotopic (exact) mass is 445 g/mol. The van der Waals surface area contributed by atoms with Crippen LogP contribution in [-0.2, 0) is 6.54 Å². The van der Waals surface area contributed by atoms with Crippen molar-refractivity contribution in [3.8, 4) is 0 Å². The summed E-state index contributed by atoms with van der Waals surface area (Å²) >= 11 is 12.6. The molecule has 2 N–H and O–H groups in total. The van der Waals surface area contributed by atoms with Gasteiger partial charge in [0.2, 0.25) is 0 Å². The SMILES string of the molecule is Cc1nn(Cc2ccccc2Cl)c(Cl)c1C(=O)NNC(=O)c1cccc(N(C)C)c1. The van der Waals surface area contributed by atoms with E-state index in [-0.39, 0.29) is 10.7 Å². The summed E-state index contributed by atoms with van der Waals surface area (Å²) in [6, 6.07) is 14.4. The molecule has 0 saturated carbocycles. The number of hydrogen-bond donors (Lipinski definition) is 2. The molecular formula is C21H21Cl2N5O2. The molecule has 0 bridgehead atoms. The number of benzene rings is 2. The van der Waals surface area contributed by atoms with Crippen molar-refractivity contribution in [3.05, 3.63) is 81.1 Å². The van der Waals surface area contributed by atoms with Crippen molar-refractivity contribution in [3.63, 3.8) is 0 Å². The Morgan fingerprint density at radius 3 is 2.43 bits per heavy atom. The van der Waals surface area contributed by atoms with Gasteiger partial charge in [0.1, 0.15) is 10.7 Å². The number of carbonyl (C=O) groups excluding carboxylic acids is 2. The largest absolute Gasteiger partial charge is 0.378 e. The molecule has 30 heavy (non-hydrogen) atoms. The molecule has 2 amide bonds. The number of amides is 2. The second-order valence-electron chi connectivity index (χ2n) is 6.85. The van der Waals surface area contributed by atoms with Gasteiger partial charge >= 0.3 is 0 Å². The molecule has 3 rings (SSSR count). The number of anilines is 1. The molecule has 1 heterocycles. The van der Waals surface area contributed by atoms with Crippen LogP contribution in [0.4, 0.5) is 5.69 Å². The van der Waals surface area contributed by atoms with Crippen LogP contribution >= 0.6 is 23.2 Å². The van der Waals surface area contributed by atoms with E-state index in [1.165, 1.54) is 4.68 Å². The summed E-state index contributed by atoms with van der Waals surface area (Å²) in [6.07, 6.45) is 0. The Kier molecular flexibility index (Phi) is 6.64. The molecule has 0 aliphatic rings. The minimum absolute atomic E-state index is 0.161. The number of hydrazine groups is 1. The molecule has 0 fully saturated rings. The van der Waals surface area contributed by atoms with Crippen molar-refractivity contribution < 1.29 is 9.59 Å². The number of carbonyl (C=O) groups is 2. The lowest BCUT2D eigenvalue weighted by Crippen LogP contribution is -2.41. The van der Waals surface area contributed by atoms with Gasteiger partial charge in [0.15, 0.2) is 0 Å². The zero-order chi connectivity index (χ0) is 21.8. The number of nitrogens with one attached hydrogen (secondary N) is 2. The van der Waals surface area contributed by atoms with E-state index in [1.54, 1.807) is 31.2 Å². The first-order valence-electron chi connectivity index (χ1n) is 9.12. The first kappa shape index (κ1) is 21.7. The molecule has 156 valence electrons. The Hall–Kier alpha value is -3.03. The van der Waals surface area contributed by atoms with E-state index in [4.69, 9.17) is 23.2 Å². The molecule has 0 unspecified atom stereocenters. The fourth-order valence-electron chi connectivity index (χ4n) is 2.88. The standard InChI is InChI=1S/C21H21Cl2N5O2/c1-13-18(19(23)28(26-13)12-15-7-4-5-10-17(15)22)21(30)25-24-20(29)14-8-6-9-16(11-14)27(2)3/h4-11H,12H2,1-3H3,(H,24,29)(H,25,30). The molecule has 2 aromatic carbocycles. The number of nitrogens with zero attached hydrogens (tertiary/aromatic N) is 3. The van der Waals surface area contributed by atoms with Crippen LogP contribution in [0.3, 0.4) is 0 Å². The predicted molar refractivity (Wildman–Crippen MR) is 118 cm³/mol. The number of hydrogen-bond acceptors (Lipinski definition) is 4. The van der Waals surface area contributed by atoms with E-state index >= 15 is 0 Å². The van der Waals surface area contributed by atoms with Crippen LogP contribution < -0.4 is 15.8 Å². The topological polar surface area (TPSA) is 79.3 Å². The normalized spacial score (nSPS) is 10.6. The quantitative estimate of drug-likeness (QED) is 0.586. The van der Waals surface area contributed by atoms with Gasteiger partial charge in [-0.1, -0.05) is 47.5 Å². The molecule has 0 aliphatic carbocycles. The summed E-state index contributed by atoms with van der Waals surface area (Å²) in [6.45, 7) is 1.99. The number of aromatic nitrogens is 2. The smallest absolute Gasteiger partial charge is 0.274 e. The van der Waals surface area contributed by atoms with Crippen molar-refractivity contribution in [2.24, 2.45) is 0 Å². The van der Waals surface area contributed by atoms with Gasteiger partial charge in [-0.05, 0) is 36.8 Å². The number of aryl methyl sites for hydroxylation is 1. The highest BCUT2D eigenvalue weighted by molar-refractivity contribution is 6.33. The highest BCUT2D eigenvalue weighted by atomic mass is 35.5. The first-order valence-corrected chi connectivity index (χ1v) is 9.88. The van der Waals surface area contributed by atoms with Gasteiger partial charge in [0.05, 0.1) is 12.2 Å². The zero-order valence-corrected chi connectivity index (χ0v) is 18.3. The molecule has 0 radical (unpaired) electrons. The number of halogens is 2. The van der Waals surface area contributed by atoms with E-state index < -0.39 is 11.8 Å². The van der Waals surface area contributed by atoms with E-state index in [9.17, 15) is 9.59 Å². The lowest BCUT2D eigenvalue weighted by atomic mass is 10.2. The molecule has 0 spiro atoms. The summed E-state index contributed by atoms with van der Waals surface area (Å²) in [7, 11) is 3.76. The van der Waals surface area contributed by atoms with Crippen LogP contribution in [0.25, 0.3) is 0 Å². The highest BCUT2D eigenvalue weighted by Crippen LogP contribution is 2.23. The predicted octanol–water partition coefficient (Wildman–Crippen LogP) is 3.69. The van der Waals surface area contributed by atoms with Gasteiger partial charge in [-0.3, -0.25) is 20.4 Å². The zero-order valence-electron chi connectivity index (χ0n) is 16.7. The van der Waals surface area contributed by atoms with Crippen LogP contribution in [0, 0.1) is 6.92 Å². The van der Waals surface area contributed by atoms with Crippen LogP contribution in [0.15, 0.2) is 48.5 Å². The average molecular weight is 446 g/mol. The van der Waals surface area contributed by atoms with Gasteiger partial charge < -0.3 is 4.90 Å². The maximum Gasteiger partial charge on any atom is 0.274 e. The lowest BCUT2D eigenvalue weighted by Gasteiger charge is -2.13. The Morgan fingerprint density at radius 2 is 1.73 bits per heavy atom. The van der Waals surface area contributed by atoms with Crippen LogP contribution in [0.5, 0.6) is 0 Å². The van der Waals surface area contributed by atoms with E-state index in [0.717, 1.165) is 11.3 Å². The molecule has 3 aromatic rings.